The molecule has 2 rings (SSSR count). The maximum Gasteiger partial charge on any atom is 0.227 e. The summed E-state index contributed by atoms with van der Waals surface area (Å²) in [7, 11) is 0. The highest BCUT2D eigenvalue weighted by molar-refractivity contribution is 7.12. The van der Waals surface area contributed by atoms with Crippen LogP contribution < -0.4 is 5.73 Å². The van der Waals surface area contributed by atoms with E-state index in [-0.39, 0.29) is 18.3 Å². The van der Waals surface area contributed by atoms with Crippen LogP contribution >= 0.6 is 23.7 Å². The molecule has 0 bridgehead atoms. The van der Waals surface area contributed by atoms with Crippen molar-refractivity contribution in [2.24, 2.45) is 5.73 Å². The third-order valence-electron chi connectivity index (χ3n) is 3.62. The molecule has 0 unspecified atom stereocenters. The molecule has 0 aromatic carbocycles. The summed E-state index contributed by atoms with van der Waals surface area (Å²) < 4.78 is 5.76. The number of aryl methyl sites for hydroxylation is 1. The summed E-state index contributed by atoms with van der Waals surface area (Å²) in [5.41, 5.74) is 5.45. The van der Waals surface area contributed by atoms with Gasteiger partial charge in [0, 0.05) is 29.5 Å². The molecule has 2 heterocycles. The topological polar surface area (TPSA) is 55.6 Å². The van der Waals surface area contributed by atoms with E-state index in [2.05, 4.69) is 19.1 Å². The molecule has 6 heteroatoms. The van der Waals surface area contributed by atoms with Gasteiger partial charge in [0.15, 0.2) is 0 Å². The number of carbonyl (C=O) groups excluding carboxylic acids is 1. The zero-order valence-corrected chi connectivity index (χ0v) is 14.2. The van der Waals surface area contributed by atoms with Gasteiger partial charge in [-0.3, -0.25) is 4.79 Å². The Morgan fingerprint density at radius 3 is 2.71 bits per heavy atom. The van der Waals surface area contributed by atoms with Crippen LogP contribution in [-0.2, 0) is 16.0 Å². The number of piperidine rings is 1. The summed E-state index contributed by atoms with van der Waals surface area (Å²) in [6.45, 7) is 5.12. The standard InChI is InChI=1S/C15H24N2O2S.ClH/c1-12-3-4-14(20-12)11-15(18)17-8-5-13(6-9-17)19-10-2-7-16;/h3-4,13H,2,5-11,16H2,1H3;1H. The van der Waals surface area contributed by atoms with E-state index in [1.54, 1.807) is 11.3 Å². The number of amides is 1. The van der Waals surface area contributed by atoms with Gasteiger partial charge in [-0.2, -0.15) is 0 Å². The number of ether oxygens (including phenoxy) is 1. The molecule has 120 valence electrons. The molecule has 0 saturated carbocycles. The minimum Gasteiger partial charge on any atom is -0.378 e. The molecule has 0 radical (unpaired) electrons. The third-order valence-corrected chi connectivity index (χ3v) is 4.62. The minimum atomic E-state index is 0. The SMILES string of the molecule is Cc1ccc(CC(=O)N2CCC(OCCCN)CC2)s1.Cl. The number of hydrogen-bond donors (Lipinski definition) is 1. The smallest absolute Gasteiger partial charge is 0.227 e. The van der Waals surface area contributed by atoms with Crippen LogP contribution in [-0.4, -0.2) is 43.2 Å². The molecule has 1 aromatic heterocycles. The largest absolute Gasteiger partial charge is 0.378 e. The van der Waals surface area contributed by atoms with Gasteiger partial charge < -0.3 is 15.4 Å². The van der Waals surface area contributed by atoms with Gasteiger partial charge in [-0.15, -0.1) is 23.7 Å². The van der Waals surface area contributed by atoms with E-state index in [4.69, 9.17) is 10.5 Å². The Hall–Kier alpha value is -0.620. The lowest BCUT2D eigenvalue weighted by Gasteiger charge is -2.32. The maximum absolute atomic E-state index is 12.2. The Kier molecular flexibility index (Phi) is 8.26. The second-order valence-corrected chi connectivity index (χ2v) is 6.65. The zero-order chi connectivity index (χ0) is 14.4. The van der Waals surface area contributed by atoms with Crippen LogP contribution in [0.5, 0.6) is 0 Å². The maximum atomic E-state index is 12.2. The van der Waals surface area contributed by atoms with Crippen molar-refractivity contribution >= 4 is 29.7 Å². The molecule has 1 aromatic rings. The van der Waals surface area contributed by atoms with Gasteiger partial charge in [-0.05, 0) is 44.9 Å². The van der Waals surface area contributed by atoms with Gasteiger partial charge in [-0.1, -0.05) is 0 Å². The molecule has 0 atom stereocenters. The third kappa shape index (κ3) is 5.94. The van der Waals surface area contributed by atoms with E-state index in [1.807, 2.05) is 4.90 Å². The van der Waals surface area contributed by atoms with Crippen molar-refractivity contribution in [2.75, 3.05) is 26.2 Å². The molecule has 21 heavy (non-hydrogen) atoms. The Balaban J connectivity index is 0.00000220. The highest BCUT2D eigenvalue weighted by atomic mass is 35.5. The number of carbonyl (C=O) groups is 1. The number of rotatable bonds is 6. The van der Waals surface area contributed by atoms with E-state index in [0.29, 0.717) is 19.1 Å². The summed E-state index contributed by atoms with van der Waals surface area (Å²) >= 11 is 1.71. The Morgan fingerprint density at radius 1 is 1.43 bits per heavy atom. The predicted molar refractivity (Wildman–Crippen MR) is 89.2 cm³/mol. The Bertz CT molecular complexity index is 431. The number of nitrogens with two attached hydrogens (primary N) is 1. The first-order valence-corrected chi connectivity index (χ1v) is 8.15. The number of likely N-dealkylation sites (tertiary alicyclic amines) is 1. The molecule has 1 aliphatic heterocycles. The van der Waals surface area contributed by atoms with Crippen LogP contribution in [0.1, 0.15) is 29.0 Å². The van der Waals surface area contributed by atoms with Gasteiger partial charge in [0.2, 0.25) is 5.91 Å². The van der Waals surface area contributed by atoms with Crippen molar-refractivity contribution in [1.82, 2.24) is 4.90 Å². The van der Waals surface area contributed by atoms with E-state index < -0.39 is 0 Å². The van der Waals surface area contributed by atoms with Crippen molar-refractivity contribution in [2.45, 2.75) is 38.7 Å². The molecule has 0 spiro atoms. The lowest BCUT2D eigenvalue weighted by atomic mass is 10.1. The lowest BCUT2D eigenvalue weighted by molar-refractivity contribution is -0.133. The van der Waals surface area contributed by atoms with Crippen molar-refractivity contribution in [3.8, 4) is 0 Å². The lowest BCUT2D eigenvalue weighted by Crippen LogP contribution is -2.41. The average molecular weight is 333 g/mol. The molecule has 4 nitrogen and oxygen atoms in total. The first-order valence-electron chi connectivity index (χ1n) is 7.34. The first-order chi connectivity index (χ1) is 9.69. The average Bonchev–Trinajstić information content (AvgIpc) is 2.85. The molecule has 1 saturated heterocycles. The molecule has 1 amide bonds. The van der Waals surface area contributed by atoms with Crippen LogP contribution in [0.4, 0.5) is 0 Å². The second kappa shape index (κ2) is 9.41. The molecule has 1 fully saturated rings. The first kappa shape index (κ1) is 18.4. The highest BCUT2D eigenvalue weighted by Gasteiger charge is 2.23. The van der Waals surface area contributed by atoms with Gasteiger partial charge in [0.25, 0.3) is 0 Å². The van der Waals surface area contributed by atoms with Crippen molar-refractivity contribution in [1.29, 1.82) is 0 Å². The fourth-order valence-electron chi connectivity index (χ4n) is 2.45. The Labute approximate surface area is 137 Å². The van der Waals surface area contributed by atoms with Crippen LogP contribution in [0.2, 0.25) is 0 Å². The van der Waals surface area contributed by atoms with Crippen LogP contribution in [0, 0.1) is 6.92 Å². The van der Waals surface area contributed by atoms with Gasteiger partial charge in [0.05, 0.1) is 12.5 Å². The molecule has 1 aliphatic rings. The number of hydrogen-bond acceptors (Lipinski definition) is 4. The van der Waals surface area contributed by atoms with Crippen LogP contribution in [0.3, 0.4) is 0 Å². The normalized spacial score (nSPS) is 15.8. The second-order valence-electron chi connectivity index (χ2n) is 5.28. The molecular weight excluding hydrogens is 308 g/mol. The molecular formula is C15H25ClN2O2S. The molecule has 2 N–H and O–H groups in total. The van der Waals surface area contributed by atoms with E-state index in [0.717, 1.165) is 43.8 Å². The van der Waals surface area contributed by atoms with E-state index in [1.165, 1.54) is 4.88 Å². The number of halogens is 1. The van der Waals surface area contributed by atoms with Crippen molar-refractivity contribution in [3.05, 3.63) is 21.9 Å². The summed E-state index contributed by atoms with van der Waals surface area (Å²) in [6.07, 6.45) is 3.64. The zero-order valence-electron chi connectivity index (χ0n) is 12.5. The van der Waals surface area contributed by atoms with Crippen molar-refractivity contribution in [3.63, 3.8) is 0 Å². The van der Waals surface area contributed by atoms with Gasteiger partial charge >= 0.3 is 0 Å². The molecule has 0 aliphatic carbocycles. The van der Waals surface area contributed by atoms with E-state index >= 15 is 0 Å². The van der Waals surface area contributed by atoms with Crippen molar-refractivity contribution < 1.29 is 9.53 Å². The fraction of sp³-hybridized carbons (Fsp3) is 0.667. The number of nitrogens with zero attached hydrogens (tertiary/aromatic N) is 1. The van der Waals surface area contributed by atoms with Gasteiger partial charge in [-0.25, -0.2) is 0 Å². The summed E-state index contributed by atoms with van der Waals surface area (Å²) in [4.78, 5) is 16.6. The summed E-state index contributed by atoms with van der Waals surface area (Å²) in [5, 5.41) is 0. The Morgan fingerprint density at radius 2 is 2.14 bits per heavy atom. The highest BCUT2D eigenvalue weighted by Crippen LogP contribution is 2.19. The van der Waals surface area contributed by atoms with Crippen LogP contribution in [0.15, 0.2) is 12.1 Å². The summed E-state index contributed by atoms with van der Waals surface area (Å²) in [5.74, 6) is 0.243. The van der Waals surface area contributed by atoms with Gasteiger partial charge in [0.1, 0.15) is 0 Å². The van der Waals surface area contributed by atoms with Crippen LogP contribution in [0.25, 0.3) is 0 Å². The summed E-state index contributed by atoms with van der Waals surface area (Å²) in [6, 6.07) is 4.13. The predicted octanol–water partition coefficient (Wildman–Crippen LogP) is 2.38. The minimum absolute atomic E-state index is 0. The fourth-order valence-corrected chi connectivity index (χ4v) is 3.33. The van der Waals surface area contributed by atoms with E-state index in [9.17, 15) is 4.79 Å². The number of thiophene rings is 1. The monoisotopic (exact) mass is 332 g/mol. The quantitative estimate of drug-likeness (QED) is 0.814.